The summed E-state index contributed by atoms with van der Waals surface area (Å²) in [7, 11) is 2.34. The number of rotatable bonds is 16. The van der Waals surface area contributed by atoms with Crippen LogP contribution in [0.1, 0.15) is 112 Å². The Labute approximate surface area is 148 Å². The van der Waals surface area contributed by atoms with Crippen LogP contribution in [0.3, 0.4) is 0 Å². The number of hydrogen-bond donors (Lipinski definition) is 0. The molecule has 0 heterocycles. The number of hydrogen-bond acceptors (Lipinski definition) is 1. The van der Waals surface area contributed by atoms with Crippen molar-refractivity contribution in [3.05, 3.63) is 0 Å². The summed E-state index contributed by atoms with van der Waals surface area (Å²) in [4.78, 5) is 2.63. The van der Waals surface area contributed by atoms with Crippen molar-refractivity contribution in [1.29, 1.82) is 0 Å². The van der Waals surface area contributed by atoms with Crippen molar-refractivity contribution in [2.75, 3.05) is 13.6 Å². The molecule has 0 saturated heterocycles. The zero-order valence-corrected chi connectivity index (χ0v) is 17.4. The highest BCUT2D eigenvalue weighted by molar-refractivity contribution is 4.73. The second-order valence-electron chi connectivity index (χ2n) is 7.66. The molecule has 0 aliphatic heterocycles. The van der Waals surface area contributed by atoms with E-state index in [1.807, 2.05) is 0 Å². The van der Waals surface area contributed by atoms with Crippen LogP contribution in [0.4, 0.5) is 0 Å². The highest BCUT2D eigenvalue weighted by atomic mass is 15.1. The second-order valence-corrected chi connectivity index (χ2v) is 7.66. The summed E-state index contributed by atoms with van der Waals surface area (Å²) in [6.45, 7) is 13.0. The third-order valence-corrected chi connectivity index (χ3v) is 5.95. The number of unbranched alkanes of at least 4 members (excludes halogenated alkanes) is 4. The van der Waals surface area contributed by atoms with E-state index in [-0.39, 0.29) is 0 Å². The van der Waals surface area contributed by atoms with Gasteiger partial charge in [-0.15, -0.1) is 0 Å². The fraction of sp³-hybridized carbons (Fsp3) is 1.00. The van der Waals surface area contributed by atoms with Crippen LogP contribution in [-0.4, -0.2) is 24.5 Å². The summed E-state index contributed by atoms with van der Waals surface area (Å²) in [5.74, 6) is 1.92. The smallest absolute Gasteiger partial charge is 0.00869 e. The average Bonchev–Trinajstić information content (AvgIpc) is 2.56. The van der Waals surface area contributed by atoms with Gasteiger partial charge in [-0.05, 0) is 44.7 Å². The highest BCUT2D eigenvalue weighted by Gasteiger charge is 2.20. The van der Waals surface area contributed by atoms with Crippen molar-refractivity contribution in [3.63, 3.8) is 0 Å². The van der Waals surface area contributed by atoms with Crippen LogP contribution in [0.15, 0.2) is 0 Å². The maximum atomic E-state index is 2.63. The van der Waals surface area contributed by atoms with Crippen molar-refractivity contribution < 1.29 is 0 Å². The lowest BCUT2D eigenvalue weighted by atomic mass is 9.80. The molecule has 0 amide bonds. The van der Waals surface area contributed by atoms with Gasteiger partial charge in [0, 0.05) is 6.04 Å². The Hall–Kier alpha value is -0.0400. The Bertz CT molecular complexity index is 234. The van der Waals surface area contributed by atoms with Crippen molar-refractivity contribution in [3.8, 4) is 0 Å². The van der Waals surface area contributed by atoms with E-state index in [2.05, 4.69) is 46.6 Å². The van der Waals surface area contributed by atoms with E-state index in [0.29, 0.717) is 0 Å². The molecule has 140 valence electrons. The Balaban J connectivity index is 4.40. The van der Waals surface area contributed by atoms with E-state index in [1.165, 1.54) is 83.6 Å². The van der Waals surface area contributed by atoms with Gasteiger partial charge in [-0.1, -0.05) is 92.4 Å². The quantitative estimate of drug-likeness (QED) is 0.269. The first kappa shape index (κ1) is 23.0. The minimum absolute atomic E-state index is 0.784. The van der Waals surface area contributed by atoms with Gasteiger partial charge >= 0.3 is 0 Å². The Morgan fingerprint density at radius 1 is 0.609 bits per heavy atom. The molecular weight excluding hydrogens is 278 g/mol. The zero-order valence-electron chi connectivity index (χ0n) is 17.4. The standard InChI is InChI=1S/C22H47N/c1-7-12-13-14-15-17-21(20(9-3)16-8-2)18-19-23(6)22(10-4)11-5/h20-22H,7-19H2,1-6H3. The molecule has 2 unspecified atom stereocenters. The van der Waals surface area contributed by atoms with Gasteiger partial charge in [0.05, 0.1) is 0 Å². The second kappa shape index (κ2) is 15.5. The first-order valence-electron chi connectivity index (χ1n) is 10.8. The van der Waals surface area contributed by atoms with Crippen molar-refractivity contribution in [1.82, 2.24) is 4.90 Å². The maximum Gasteiger partial charge on any atom is 0.00869 e. The summed E-state index contributed by atoms with van der Waals surface area (Å²) >= 11 is 0. The van der Waals surface area contributed by atoms with Gasteiger partial charge < -0.3 is 4.90 Å². The van der Waals surface area contributed by atoms with Gasteiger partial charge in [0.25, 0.3) is 0 Å². The van der Waals surface area contributed by atoms with E-state index in [0.717, 1.165) is 17.9 Å². The van der Waals surface area contributed by atoms with E-state index >= 15 is 0 Å². The van der Waals surface area contributed by atoms with Crippen LogP contribution in [0.2, 0.25) is 0 Å². The van der Waals surface area contributed by atoms with Crippen LogP contribution in [0, 0.1) is 11.8 Å². The molecule has 0 aromatic carbocycles. The van der Waals surface area contributed by atoms with Gasteiger partial charge in [0.1, 0.15) is 0 Å². The normalized spacial score (nSPS) is 14.6. The van der Waals surface area contributed by atoms with Gasteiger partial charge in [-0.25, -0.2) is 0 Å². The minimum Gasteiger partial charge on any atom is -0.303 e. The SMILES string of the molecule is CCCCCCCC(CCN(C)C(CC)CC)C(CC)CCC. The molecule has 0 aliphatic rings. The molecular formula is C22H47N. The summed E-state index contributed by atoms with van der Waals surface area (Å²) < 4.78 is 0. The van der Waals surface area contributed by atoms with Crippen LogP contribution >= 0.6 is 0 Å². The van der Waals surface area contributed by atoms with Gasteiger partial charge in [-0.2, -0.15) is 0 Å². The fourth-order valence-corrected chi connectivity index (χ4v) is 4.23. The van der Waals surface area contributed by atoms with Crippen molar-refractivity contribution in [2.24, 2.45) is 11.8 Å². The van der Waals surface area contributed by atoms with Gasteiger partial charge in [0.15, 0.2) is 0 Å². The van der Waals surface area contributed by atoms with Crippen LogP contribution < -0.4 is 0 Å². The molecule has 1 nitrogen and oxygen atoms in total. The third kappa shape index (κ3) is 10.4. The van der Waals surface area contributed by atoms with Crippen molar-refractivity contribution in [2.45, 2.75) is 118 Å². The van der Waals surface area contributed by atoms with Gasteiger partial charge in [0.2, 0.25) is 0 Å². The van der Waals surface area contributed by atoms with E-state index in [9.17, 15) is 0 Å². The monoisotopic (exact) mass is 325 g/mol. The molecule has 0 aromatic heterocycles. The van der Waals surface area contributed by atoms with E-state index in [1.54, 1.807) is 0 Å². The molecule has 0 fully saturated rings. The number of nitrogens with zero attached hydrogens (tertiary/aromatic N) is 1. The highest BCUT2D eigenvalue weighted by Crippen LogP contribution is 2.29. The fourth-order valence-electron chi connectivity index (χ4n) is 4.23. The lowest BCUT2D eigenvalue weighted by molar-refractivity contribution is 0.182. The average molecular weight is 326 g/mol. The summed E-state index contributed by atoms with van der Waals surface area (Å²) in [6, 6.07) is 0.784. The Kier molecular flexibility index (Phi) is 15.5. The molecule has 0 rings (SSSR count). The summed E-state index contributed by atoms with van der Waals surface area (Å²) in [6.07, 6.45) is 16.8. The van der Waals surface area contributed by atoms with E-state index < -0.39 is 0 Å². The molecule has 0 bridgehead atoms. The van der Waals surface area contributed by atoms with Gasteiger partial charge in [-0.3, -0.25) is 0 Å². The lowest BCUT2D eigenvalue weighted by Gasteiger charge is -2.31. The first-order chi connectivity index (χ1) is 11.1. The Morgan fingerprint density at radius 2 is 1.26 bits per heavy atom. The van der Waals surface area contributed by atoms with Crippen LogP contribution in [0.25, 0.3) is 0 Å². The predicted octanol–water partition coefficient (Wildman–Crippen LogP) is 7.30. The van der Waals surface area contributed by atoms with Crippen molar-refractivity contribution >= 4 is 0 Å². The molecule has 1 heteroatoms. The zero-order chi connectivity index (χ0) is 17.5. The molecule has 0 N–H and O–H groups in total. The minimum atomic E-state index is 0.784. The molecule has 0 aromatic rings. The molecule has 0 aliphatic carbocycles. The molecule has 0 spiro atoms. The lowest BCUT2D eigenvalue weighted by Crippen LogP contribution is -2.33. The first-order valence-corrected chi connectivity index (χ1v) is 10.8. The maximum absolute atomic E-state index is 2.63. The van der Waals surface area contributed by atoms with Crippen LogP contribution in [-0.2, 0) is 0 Å². The predicted molar refractivity (Wildman–Crippen MR) is 107 cm³/mol. The van der Waals surface area contributed by atoms with E-state index in [4.69, 9.17) is 0 Å². The molecule has 23 heavy (non-hydrogen) atoms. The topological polar surface area (TPSA) is 3.24 Å². The summed E-state index contributed by atoms with van der Waals surface area (Å²) in [5, 5.41) is 0. The molecule has 2 atom stereocenters. The summed E-state index contributed by atoms with van der Waals surface area (Å²) in [5.41, 5.74) is 0. The third-order valence-electron chi connectivity index (χ3n) is 5.95. The largest absolute Gasteiger partial charge is 0.303 e. The molecule has 0 saturated carbocycles. The molecule has 0 radical (unpaired) electrons. The Morgan fingerprint density at radius 3 is 1.78 bits per heavy atom. The van der Waals surface area contributed by atoms with Crippen LogP contribution in [0.5, 0.6) is 0 Å².